The van der Waals surface area contributed by atoms with E-state index in [4.69, 9.17) is 0 Å². The highest BCUT2D eigenvalue weighted by molar-refractivity contribution is 6.15. The number of carbonyl (C=O) groups is 1. The van der Waals surface area contributed by atoms with E-state index in [-0.39, 0.29) is 5.75 Å². The third-order valence-electron chi connectivity index (χ3n) is 4.39. The van der Waals surface area contributed by atoms with Crippen molar-refractivity contribution in [3.63, 3.8) is 0 Å². The van der Waals surface area contributed by atoms with Crippen LogP contribution >= 0.6 is 0 Å². The van der Waals surface area contributed by atoms with E-state index in [1.807, 2.05) is 18.2 Å². The van der Waals surface area contributed by atoms with E-state index < -0.39 is 18.0 Å². The van der Waals surface area contributed by atoms with Crippen molar-refractivity contribution < 1.29 is 20.1 Å². The number of phenolic OH excluding ortho intramolecular Hbond substituents is 1. The van der Waals surface area contributed by atoms with Crippen LogP contribution in [-0.2, 0) is 0 Å². The first kappa shape index (κ1) is 13.9. The number of hydrogen-bond acceptors (Lipinski definition) is 4. The van der Waals surface area contributed by atoms with Gasteiger partial charge in [-0.15, -0.1) is 0 Å². The fraction of sp³-hybridized carbons (Fsp3) is 0.105. The number of aliphatic hydroxyl groups is 2. The number of phenols is 1. The number of rotatable bonds is 1. The van der Waals surface area contributed by atoms with Crippen molar-refractivity contribution >= 4 is 16.6 Å². The second-order valence-electron chi connectivity index (χ2n) is 5.73. The van der Waals surface area contributed by atoms with Gasteiger partial charge in [0.25, 0.3) is 0 Å². The summed E-state index contributed by atoms with van der Waals surface area (Å²) in [6, 6.07) is 15.7. The molecule has 4 rings (SSSR count). The summed E-state index contributed by atoms with van der Waals surface area (Å²) in [5, 5.41) is 31.6. The van der Waals surface area contributed by atoms with Gasteiger partial charge < -0.3 is 15.3 Å². The van der Waals surface area contributed by atoms with Crippen molar-refractivity contribution in [2.24, 2.45) is 0 Å². The summed E-state index contributed by atoms with van der Waals surface area (Å²) in [5.41, 5.74) is 2.52. The van der Waals surface area contributed by atoms with Crippen LogP contribution in [0, 0.1) is 0 Å². The summed E-state index contributed by atoms with van der Waals surface area (Å²) in [6.07, 6.45) is -2.74. The number of Topliss-reactive ketones (excluding diaryl/α,β-unsaturated/α-hetero) is 1. The molecule has 0 unspecified atom stereocenters. The van der Waals surface area contributed by atoms with Crippen molar-refractivity contribution in [2.75, 3.05) is 0 Å². The molecule has 0 fully saturated rings. The zero-order valence-corrected chi connectivity index (χ0v) is 12.1. The van der Waals surface area contributed by atoms with Crippen LogP contribution in [0.2, 0.25) is 0 Å². The van der Waals surface area contributed by atoms with Gasteiger partial charge in [-0.1, -0.05) is 42.5 Å². The molecular weight excluding hydrogens is 292 g/mol. The van der Waals surface area contributed by atoms with Gasteiger partial charge in [-0.3, -0.25) is 4.79 Å². The molecule has 0 aliphatic heterocycles. The zero-order valence-electron chi connectivity index (χ0n) is 12.1. The van der Waals surface area contributed by atoms with Gasteiger partial charge in [0.1, 0.15) is 18.0 Å². The molecule has 0 amide bonds. The summed E-state index contributed by atoms with van der Waals surface area (Å²) >= 11 is 0. The Hall–Kier alpha value is -2.69. The highest BCUT2D eigenvalue weighted by atomic mass is 16.3. The predicted octanol–water partition coefficient (Wildman–Crippen LogP) is 2.80. The normalized spacial score (nSPS) is 20.0. The van der Waals surface area contributed by atoms with Crippen LogP contribution in [-0.4, -0.2) is 27.2 Å². The maximum Gasteiger partial charge on any atom is 0.194 e. The molecule has 3 aromatic carbocycles. The molecule has 0 aromatic heterocycles. The van der Waals surface area contributed by atoms with Crippen LogP contribution in [0.15, 0.2) is 54.6 Å². The molecule has 1 aliphatic carbocycles. The van der Waals surface area contributed by atoms with Crippen LogP contribution in [0.4, 0.5) is 0 Å². The highest BCUT2D eigenvalue weighted by Crippen LogP contribution is 2.41. The number of aromatic hydroxyl groups is 1. The summed E-state index contributed by atoms with van der Waals surface area (Å²) in [4.78, 5) is 12.3. The van der Waals surface area contributed by atoms with E-state index in [9.17, 15) is 20.1 Å². The number of hydrogen-bond donors (Lipinski definition) is 3. The smallest absolute Gasteiger partial charge is 0.194 e. The Morgan fingerprint density at radius 1 is 0.783 bits per heavy atom. The Morgan fingerprint density at radius 3 is 2.26 bits per heavy atom. The summed E-state index contributed by atoms with van der Waals surface area (Å²) in [7, 11) is 0. The number of ketones is 1. The topological polar surface area (TPSA) is 77.8 Å². The molecule has 0 spiro atoms. The van der Waals surface area contributed by atoms with Crippen LogP contribution < -0.4 is 0 Å². The monoisotopic (exact) mass is 306 g/mol. The van der Waals surface area contributed by atoms with E-state index in [1.165, 1.54) is 0 Å². The van der Waals surface area contributed by atoms with Gasteiger partial charge in [0.2, 0.25) is 0 Å². The van der Waals surface area contributed by atoms with Crippen LogP contribution in [0.1, 0.15) is 22.0 Å². The molecule has 0 saturated heterocycles. The third-order valence-corrected chi connectivity index (χ3v) is 4.39. The average Bonchev–Trinajstić information content (AvgIpc) is 2.58. The lowest BCUT2D eigenvalue weighted by atomic mass is 9.80. The summed E-state index contributed by atoms with van der Waals surface area (Å²) < 4.78 is 0. The maximum atomic E-state index is 12.3. The molecule has 4 nitrogen and oxygen atoms in total. The van der Waals surface area contributed by atoms with Crippen molar-refractivity contribution in [3.05, 3.63) is 65.7 Å². The van der Waals surface area contributed by atoms with Crippen LogP contribution in [0.25, 0.3) is 21.9 Å². The minimum atomic E-state index is -1.47. The van der Waals surface area contributed by atoms with Gasteiger partial charge in [0.05, 0.1) is 0 Å². The third kappa shape index (κ3) is 1.96. The SMILES string of the molecule is O=C1c2cccc3ccc(-c4ccc(O)cc4)c(c23)[C@H](O)[C@@H]1O. The van der Waals surface area contributed by atoms with Crippen molar-refractivity contribution in [2.45, 2.75) is 12.2 Å². The maximum absolute atomic E-state index is 12.3. The molecule has 0 bridgehead atoms. The molecule has 3 N–H and O–H groups in total. The summed E-state index contributed by atoms with van der Waals surface area (Å²) in [6.45, 7) is 0. The lowest BCUT2D eigenvalue weighted by Gasteiger charge is -2.28. The molecule has 2 atom stereocenters. The molecule has 0 radical (unpaired) electrons. The fourth-order valence-corrected chi connectivity index (χ4v) is 3.27. The van der Waals surface area contributed by atoms with Crippen molar-refractivity contribution in [3.8, 4) is 16.9 Å². The second-order valence-corrected chi connectivity index (χ2v) is 5.73. The molecule has 4 heteroatoms. The van der Waals surface area contributed by atoms with E-state index in [2.05, 4.69) is 0 Å². The standard InChI is InChI=1S/C19H14O4/c20-12-7-4-10(5-8-12)13-9-6-11-2-1-3-14-15(11)16(13)18(22)19(23)17(14)21/h1-9,18-20,22-23H/t18-,19+/m0/s1. The fourth-order valence-electron chi connectivity index (χ4n) is 3.27. The Morgan fingerprint density at radius 2 is 1.52 bits per heavy atom. The molecule has 0 saturated carbocycles. The van der Waals surface area contributed by atoms with Gasteiger partial charge >= 0.3 is 0 Å². The van der Waals surface area contributed by atoms with E-state index in [1.54, 1.807) is 36.4 Å². The van der Waals surface area contributed by atoms with E-state index in [0.717, 1.165) is 16.5 Å². The molecular formula is C19H14O4. The van der Waals surface area contributed by atoms with E-state index in [0.29, 0.717) is 16.5 Å². The molecule has 3 aromatic rings. The predicted molar refractivity (Wildman–Crippen MR) is 86.3 cm³/mol. The minimum Gasteiger partial charge on any atom is -0.508 e. The average molecular weight is 306 g/mol. The first-order valence-electron chi connectivity index (χ1n) is 7.33. The molecule has 0 heterocycles. The molecule has 114 valence electrons. The lowest BCUT2D eigenvalue weighted by molar-refractivity contribution is 0.0195. The first-order valence-corrected chi connectivity index (χ1v) is 7.33. The van der Waals surface area contributed by atoms with Crippen molar-refractivity contribution in [1.29, 1.82) is 0 Å². The van der Waals surface area contributed by atoms with Gasteiger partial charge in [-0.25, -0.2) is 0 Å². The largest absolute Gasteiger partial charge is 0.508 e. The van der Waals surface area contributed by atoms with Gasteiger partial charge in [0.15, 0.2) is 5.78 Å². The Kier molecular flexibility index (Phi) is 2.98. The highest BCUT2D eigenvalue weighted by Gasteiger charge is 2.36. The Bertz CT molecular complexity index is 928. The van der Waals surface area contributed by atoms with Crippen molar-refractivity contribution in [1.82, 2.24) is 0 Å². The van der Waals surface area contributed by atoms with Gasteiger partial charge in [-0.2, -0.15) is 0 Å². The zero-order chi connectivity index (χ0) is 16.1. The summed E-state index contributed by atoms with van der Waals surface area (Å²) in [5.74, 6) is -0.307. The second kappa shape index (κ2) is 4.91. The van der Waals surface area contributed by atoms with E-state index >= 15 is 0 Å². The first-order chi connectivity index (χ1) is 11.1. The van der Waals surface area contributed by atoms with Crippen LogP contribution in [0.3, 0.4) is 0 Å². The Balaban J connectivity index is 2.09. The number of aliphatic hydroxyl groups excluding tert-OH is 2. The lowest BCUT2D eigenvalue weighted by Crippen LogP contribution is -2.32. The number of carbonyl (C=O) groups excluding carboxylic acids is 1. The Labute approximate surface area is 132 Å². The van der Waals surface area contributed by atoms with Gasteiger partial charge in [-0.05, 0) is 39.6 Å². The number of benzene rings is 3. The minimum absolute atomic E-state index is 0.152. The van der Waals surface area contributed by atoms with Gasteiger partial charge in [0, 0.05) is 5.56 Å². The van der Waals surface area contributed by atoms with Crippen LogP contribution in [0.5, 0.6) is 5.75 Å². The quantitative estimate of drug-likeness (QED) is 0.646. The molecule has 23 heavy (non-hydrogen) atoms. The molecule has 1 aliphatic rings.